The van der Waals surface area contributed by atoms with Crippen LogP contribution in [0.15, 0.2) is 29.2 Å². The van der Waals surface area contributed by atoms with Gasteiger partial charge < -0.3 is 0 Å². The van der Waals surface area contributed by atoms with Crippen molar-refractivity contribution in [2.24, 2.45) is 11.3 Å². The molecule has 5 heteroatoms. The number of aryl methyl sites for hydroxylation is 1. The average Bonchev–Trinajstić information content (AvgIpc) is 2.45. The fourth-order valence-electron chi connectivity index (χ4n) is 4.23. The van der Waals surface area contributed by atoms with Gasteiger partial charge in [-0.1, -0.05) is 50.2 Å². The fraction of sp³-hybridized carbons (Fsp3) is 0.611. The van der Waals surface area contributed by atoms with Gasteiger partial charge in [0.05, 0.1) is 4.90 Å². The maximum absolute atomic E-state index is 12.8. The molecule has 2 unspecified atom stereocenters. The Balaban J connectivity index is 1.96. The first-order valence-corrected chi connectivity index (χ1v) is 10.0. The van der Waals surface area contributed by atoms with Gasteiger partial charge in [0.2, 0.25) is 0 Å². The lowest BCUT2D eigenvalue weighted by atomic mass is 9.60. The summed E-state index contributed by atoms with van der Waals surface area (Å²) in [6.45, 7) is 6.16. The Morgan fingerprint density at radius 3 is 2.48 bits per heavy atom. The molecule has 23 heavy (non-hydrogen) atoms. The molecular formula is C18H24O3S2. The van der Waals surface area contributed by atoms with Crippen LogP contribution in [0.2, 0.25) is 0 Å². The van der Waals surface area contributed by atoms with Crippen LogP contribution in [-0.2, 0) is 14.3 Å². The van der Waals surface area contributed by atoms with Crippen molar-refractivity contribution in [3.63, 3.8) is 0 Å². The van der Waals surface area contributed by atoms with Crippen molar-refractivity contribution >= 4 is 27.2 Å². The van der Waals surface area contributed by atoms with E-state index in [0.717, 1.165) is 36.1 Å². The highest BCUT2D eigenvalue weighted by Gasteiger charge is 2.53. The van der Waals surface area contributed by atoms with Gasteiger partial charge in [-0.3, -0.25) is 4.18 Å². The fourth-order valence-corrected chi connectivity index (χ4v) is 5.82. The summed E-state index contributed by atoms with van der Waals surface area (Å²) >= 11 is 5.71. The van der Waals surface area contributed by atoms with Crippen LogP contribution in [0.3, 0.4) is 0 Å². The van der Waals surface area contributed by atoms with Crippen molar-refractivity contribution in [1.82, 2.24) is 0 Å². The van der Waals surface area contributed by atoms with E-state index in [-0.39, 0.29) is 10.3 Å². The molecule has 0 spiro atoms. The van der Waals surface area contributed by atoms with Gasteiger partial charge in [0, 0.05) is 4.86 Å². The molecule has 2 fully saturated rings. The molecule has 126 valence electrons. The number of thiocarbonyl (C=S) groups is 1. The zero-order chi connectivity index (χ0) is 16.9. The summed E-state index contributed by atoms with van der Waals surface area (Å²) in [4.78, 5) is 0.988. The summed E-state index contributed by atoms with van der Waals surface area (Å²) in [7, 11) is -3.81. The molecule has 3 nitrogen and oxygen atoms in total. The van der Waals surface area contributed by atoms with E-state index < -0.39 is 15.7 Å². The van der Waals surface area contributed by atoms with Crippen LogP contribution in [-0.4, -0.2) is 18.9 Å². The highest BCUT2D eigenvalue weighted by molar-refractivity contribution is 7.87. The summed E-state index contributed by atoms with van der Waals surface area (Å²) in [6, 6.07) is 6.80. The third-order valence-electron chi connectivity index (χ3n) is 5.22. The summed E-state index contributed by atoms with van der Waals surface area (Å²) in [5.41, 5.74) is 0.0692. The summed E-state index contributed by atoms with van der Waals surface area (Å²) in [5, 5.41) is 0. The van der Waals surface area contributed by atoms with Crippen molar-refractivity contribution in [3.8, 4) is 0 Å². The van der Waals surface area contributed by atoms with E-state index >= 15 is 0 Å². The van der Waals surface area contributed by atoms with Gasteiger partial charge >= 0.3 is 0 Å². The highest BCUT2D eigenvalue weighted by Crippen LogP contribution is 2.51. The van der Waals surface area contributed by atoms with Gasteiger partial charge in [-0.2, -0.15) is 8.42 Å². The monoisotopic (exact) mass is 352 g/mol. The Kier molecular flexibility index (Phi) is 4.18. The zero-order valence-corrected chi connectivity index (χ0v) is 15.6. The van der Waals surface area contributed by atoms with Gasteiger partial charge in [-0.05, 0) is 56.1 Å². The van der Waals surface area contributed by atoms with Gasteiger partial charge in [-0.15, -0.1) is 0 Å². The van der Waals surface area contributed by atoms with Crippen molar-refractivity contribution < 1.29 is 12.6 Å². The topological polar surface area (TPSA) is 43.4 Å². The van der Waals surface area contributed by atoms with E-state index in [1.165, 1.54) is 0 Å². The molecule has 0 saturated heterocycles. The molecule has 2 aliphatic rings. The van der Waals surface area contributed by atoms with Crippen molar-refractivity contribution in [3.05, 3.63) is 29.8 Å². The van der Waals surface area contributed by atoms with Gasteiger partial charge in [-0.25, -0.2) is 0 Å². The van der Waals surface area contributed by atoms with Crippen LogP contribution in [0.25, 0.3) is 0 Å². The molecule has 3 rings (SSSR count). The van der Waals surface area contributed by atoms with Gasteiger partial charge in [0.1, 0.15) is 5.60 Å². The second-order valence-corrected chi connectivity index (χ2v) is 9.68. The lowest BCUT2D eigenvalue weighted by Crippen LogP contribution is -2.55. The van der Waals surface area contributed by atoms with Crippen LogP contribution in [0, 0.1) is 18.3 Å². The first-order chi connectivity index (χ1) is 10.6. The first kappa shape index (κ1) is 17.1. The number of rotatable bonds is 3. The minimum Gasteiger partial charge on any atom is -0.254 e. The Morgan fingerprint density at radius 2 is 1.83 bits per heavy atom. The summed E-state index contributed by atoms with van der Waals surface area (Å²) in [5.74, 6) is 0.499. The standard InChI is InChI=1S/C18H24O3S2/c1-13-6-8-15(9-7-13)23(19,20)21-18-10-4-5-14(12-18)11-17(2,3)16(18)22/h6-9,14H,4-5,10-12H2,1-3H3. The molecule has 1 aromatic rings. The summed E-state index contributed by atoms with van der Waals surface area (Å²) < 4.78 is 31.4. The van der Waals surface area contributed by atoms with E-state index in [1.54, 1.807) is 24.3 Å². The second kappa shape index (κ2) is 5.64. The van der Waals surface area contributed by atoms with Crippen molar-refractivity contribution in [2.45, 2.75) is 63.4 Å². The number of hydrogen-bond acceptors (Lipinski definition) is 4. The molecule has 0 heterocycles. The number of hydrogen-bond donors (Lipinski definition) is 0. The maximum Gasteiger partial charge on any atom is 0.297 e. The molecule has 2 aliphatic carbocycles. The van der Waals surface area contributed by atoms with Crippen LogP contribution in [0.5, 0.6) is 0 Å². The third kappa shape index (κ3) is 3.11. The highest BCUT2D eigenvalue weighted by atomic mass is 32.2. The Bertz CT molecular complexity index is 719. The molecule has 2 bridgehead atoms. The summed E-state index contributed by atoms with van der Waals surface area (Å²) in [6.07, 6.45) is 4.59. The number of fused-ring (bicyclic) bond motifs is 2. The van der Waals surface area contributed by atoms with Gasteiger partial charge in [0.25, 0.3) is 10.1 Å². The molecule has 1 aromatic carbocycles. The van der Waals surface area contributed by atoms with Gasteiger partial charge in [0.15, 0.2) is 0 Å². The van der Waals surface area contributed by atoms with Crippen LogP contribution < -0.4 is 0 Å². The second-order valence-electron chi connectivity index (χ2n) is 7.72. The molecule has 2 saturated carbocycles. The van der Waals surface area contributed by atoms with E-state index in [1.807, 2.05) is 6.92 Å². The Morgan fingerprint density at radius 1 is 1.17 bits per heavy atom. The minimum atomic E-state index is -3.81. The first-order valence-electron chi connectivity index (χ1n) is 8.22. The van der Waals surface area contributed by atoms with Crippen LogP contribution in [0.1, 0.15) is 51.5 Å². The molecule has 0 radical (unpaired) electrons. The predicted octanol–water partition coefficient (Wildman–Crippen LogP) is 4.43. The Hall–Kier alpha value is -0.780. The van der Waals surface area contributed by atoms with E-state index in [9.17, 15) is 8.42 Å². The third-order valence-corrected chi connectivity index (χ3v) is 7.53. The lowest BCUT2D eigenvalue weighted by molar-refractivity contribution is 0.0392. The quantitative estimate of drug-likeness (QED) is 0.596. The van der Waals surface area contributed by atoms with Crippen molar-refractivity contribution in [2.75, 3.05) is 0 Å². The van der Waals surface area contributed by atoms with E-state index in [0.29, 0.717) is 12.3 Å². The molecular weight excluding hydrogens is 328 g/mol. The van der Waals surface area contributed by atoms with Crippen molar-refractivity contribution in [1.29, 1.82) is 0 Å². The van der Waals surface area contributed by atoms with E-state index in [2.05, 4.69) is 13.8 Å². The molecule has 0 aromatic heterocycles. The smallest absolute Gasteiger partial charge is 0.254 e. The predicted molar refractivity (Wildman–Crippen MR) is 95.1 cm³/mol. The molecule has 0 amide bonds. The lowest BCUT2D eigenvalue weighted by Gasteiger charge is -2.51. The largest absolute Gasteiger partial charge is 0.297 e. The average molecular weight is 353 g/mol. The molecule has 0 aliphatic heterocycles. The maximum atomic E-state index is 12.8. The molecule has 0 N–H and O–H groups in total. The normalized spacial score (nSPS) is 30.2. The minimum absolute atomic E-state index is 0.151. The Labute approximate surface area is 144 Å². The van der Waals surface area contributed by atoms with Crippen LogP contribution >= 0.6 is 12.2 Å². The van der Waals surface area contributed by atoms with Crippen LogP contribution in [0.4, 0.5) is 0 Å². The number of benzene rings is 1. The SMILES string of the molecule is Cc1ccc(S(=O)(=O)OC23CCCC(CC(C)(C)C2=S)C3)cc1. The molecule has 2 atom stereocenters. The van der Waals surface area contributed by atoms with E-state index in [4.69, 9.17) is 16.4 Å². The zero-order valence-electron chi connectivity index (χ0n) is 14.0.